The van der Waals surface area contributed by atoms with Crippen LogP contribution in [0.15, 0.2) is 49.1 Å². The van der Waals surface area contributed by atoms with Gasteiger partial charge in [-0.1, -0.05) is 29.8 Å². The maximum absolute atomic E-state index is 12.8. The lowest BCUT2D eigenvalue weighted by atomic mass is 9.96. The van der Waals surface area contributed by atoms with Crippen LogP contribution in [0.1, 0.15) is 23.2 Å². The third-order valence-electron chi connectivity index (χ3n) is 4.57. The Morgan fingerprint density at radius 3 is 2.82 bits per heavy atom. The zero-order valence-corrected chi connectivity index (χ0v) is 16.2. The minimum atomic E-state index is -0.252. The van der Waals surface area contributed by atoms with Gasteiger partial charge in [-0.2, -0.15) is 0 Å². The molecule has 1 aliphatic heterocycles. The lowest BCUT2D eigenvalue weighted by Crippen LogP contribution is -2.41. The molecule has 1 atom stereocenters. The number of nitrogens with one attached hydrogen (secondary N) is 2. The van der Waals surface area contributed by atoms with E-state index in [0.717, 1.165) is 19.4 Å². The Morgan fingerprint density at radius 2 is 2.07 bits per heavy atom. The summed E-state index contributed by atoms with van der Waals surface area (Å²) in [7, 11) is 0. The van der Waals surface area contributed by atoms with Crippen LogP contribution in [0.3, 0.4) is 0 Å². The van der Waals surface area contributed by atoms with Gasteiger partial charge in [0.25, 0.3) is 5.91 Å². The number of benzene rings is 1. The molecular formula is C20H22ClN5O2. The van der Waals surface area contributed by atoms with Crippen molar-refractivity contribution in [2.24, 2.45) is 5.92 Å². The fourth-order valence-electron chi connectivity index (χ4n) is 3.16. The van der Waals surface area contributed by atoms with E-state index in [0.29, 0.717) is 35.3 Å². The Hall–Kier alpha value is -2.93. The zero-order chi connectivity index (χ0) is 19.9. The van der Waals surface area contributed by atoms with Crippen molar-refractivity contribution in [3.05, 3.63) is 59.8 Å². The van der Waals surface area contributed by atoms with Crippen molar-refractivity contribution in [1.82, 2.24) is 15.5 Å². The molecule has 2 heterocycles. The molecule has 2 N–H and O–H groups in total. The van der Waals surface area contributed by atoms with Gasteiger partial charge >= 0.3 is 0 Å². The van der Waals surface area contributed by atoms with E-state index in [-0.39, 0.29) is 17.7 Å². The summed E-state index contributed by atoms with van der Waals surface area (Å²) >= 11 is 5.80. The van der Waals surface area contributed by atoms with Crippen LogP contribution in [0.2, 0.25) is 5.15 Å². The summed E-state index contributed by atoms with van der Waals surface area (Å²) in [4.78, 5) is 27.2. The van der Waals surface area contributed by atoms with E-state index in [1.807, 2.05) is 4.90 Å². The number of hydrogen-bond donors (Lipinski definition) is 2. The second-order valence-electron chi connectivity index (χ2n) is 6.53. The number of piperidine rings is 1. The Morgan fingerprint density at radius 1 is 1.25 bits per heavy atom. The summed E-state index contributed by atoms with van der Waals surface area (Å²) in [6.45, 7) is 5.29. The number of anilines is 2. The summed E-state index contributed by atoms with van der Waals surface area (Å²) in [5.74, 6) is 0.120. The highest BCUT2D eigenvalue weighted by Crippen LogP contribution is 2.24. The molecule has 0 aliphatic carbocycles. The van der Waals surface area contributed by atoms with Gasteiger partial charge < -0.3 is 15.5 Å². The van der Waals surface area contributed by atoms with Gasteiger partial charge in [0.05, 0.1) is 17.2 Å². The van der Waals surface area contributed by atoms with E-state index in [2.05, 4.69) is 27.4 Å². The monoisotopic (exact) mass is 399 g/mol. The number of hydrogen-bond acceptors (Lipinski definition) is 5. The van der Waals surface area contributed by atoms with E-state index in [4.69, 9.17) is 11.6 Å². The molecule has 7 nitrogen and oxygen atoms in total. The highest BCUT2D eigenvalue weighted by atomic mass is 35.5. The molecule has 0 bridgehead atoms. The number of carbonyl (C=O) groups is 2. The van der Waals surface area contributed by atoms with Gasteiger partial charge in [0.1, 0.15) is 0 Å². The summed E-state index contributed by atoms with van der Waals surface area (Å²) in [6.07, 6.45) is 3.24. The number of halogens is 1. The van der Waals surface area contributed by atoms with Crippen LogP contribution >= 0.6 is 11.6 Å². The molecule has 1 saturated heterocycles. The summed E-state index contributed by atoms with van der Waals surface area (Å²) in [6, 6.07) is 10.5. The lowest BCUT2D eigenvalue weighted by molar-refractivity contribution is -0.120. The van der Waals surface area contributed by atoms with Gasteiger partial charge in [-0.3, -0.25) is 9.59 Å². The first-order valence-electron chi connectivity index (χ1n) is 9.11. The second kappa shape index (κ2) is 9.32. The molecule has 1 aromatic heterocycles. The normalized spacial score (nSPS) is 16.3. The maximum Gasteiger partial charge on any atom is 0.253 e. The zero-order valence-electron chi connectivity index (χ0n) is 15.4. The Balaban J connectivity index is 1.68. The number of para-hydroxylation sites is 1. The Kier molecular flexibility index (Phi) is 6.60. The molecule has 0 saturated carbocycles. The second-order valence-corrected chi connectivity index (χ2v) is 6.92. The maximum atomic E-state index is 12.8. The molecule has 3 rings (SSSR count). The van der Waals surface area contributed by atoms with E-state index in [1.54, 1.807) is 42.5 Å². The number of nitrogens with zero attached hydrogens (tertiary/aromatic N) is 3. The summed E-state index contributed by atoms with van der Waals surface area (Å²) in [5, 5.41) is 13.9. The fraction of sp³-hybridized carbons (Fsp3) is 0.300. The topological polar surface area (TPSA) is 87.2 Å². The first-order chi connectivity index (χ1) is 13.6. The van der Waals surface area contributed by atoms with Gasteiger partial charge in [-0.05, 0) is 37.1 Å². The van der Waals surface area contributed by atoms with Crippen molar-refractivity contribution in [3.63, 3.8) is 0 Å². The van der Waals surface area contributed by atoms with E-state index in [9.17, 15) is 9.59 Å². The molecule has 1 aromatic carbocycles. The number of carbonyl (C=O) groups excluding carboxylic acids is 2. The lowest BCUT2D eigenvalue weighted by Gasteiger charge is -2.32. The van der Waals surface area contributed by atoms with Gasteiger partial charge in [0, 0.05) is 19.6 Å². The highest BCUT2D eigenvalue weighted by Gasteiger charge is 2.27. The molecule has 2 aromatic rings. The Bertz CT molecular complexity index is 856. The van der Waals surface area contributed by atoms with Gasteiger partial charge in [0.2, 0.25) is 5.91 Å². The molecule has 8 heteroatoms. The molecule has 28 heavy (non-hydrogen) atoms. The van der Waals surface area contributed by atoms with Crippen molar-refractivity contribution in [3.8, 4) is 0 Å². The van der Waals surface area contributed by atoms with Crippen LogP contribution in [0, 0.1) is 5.92 Å². The standard InChI is InChI=1S/C20H22ClN5O2/c1-2-11-22-20(28)15-7-3-4-8-16(15)23-19(27)14-6-5-12-26(13-14)18-10-9-17(21)24-25-18/h2-4,7-10,14H,1,5-6,11-13H2,(H,22,28)(H,23,27)/t14-/m0/s1. The molecular weight excluding hydrogens is 378 g/mol. The van der Waals surface area contributed by atoms with Crippen molar-refractivity contribution in [2.75, 3.05) is 29.9 Å². The third kappa shape index (κ3) is 4.86. The molecule has 0 unspecified atom stereocenters. The van der Waals surface area contributed by atoms with Crippen LogP contribution in [0.5, 0.6) is 0 Å². The number of rotatable bonds is 6. The SMILES string of the molecule is C=CCNC(=O)c1ccccc1NC(=O)[C@H]1CCCN(c2ccc(Cl)nn2)C1. The van der Waals surface area contributed by atoms with Crippen LogP contribution in [0.4, 0.5) is 11.5 Å². The first kappa shape index (κ1) is 19.8. The number of amides is 2. The smallest absolute Gasteiger partial charge is 0.253 e. The quantitative estimate of drug-likeness (QED) is 0.729. The predicted octanol–water partition coefficient (Wildman–Crippen LogP) is 2.90. The predicted molar refractivity (Wildman–Crippen MR) is 110 cm³/mol. The van der Waals surface area contributed by atoms with E-state index < -0.39 is 0 Å². The molecule has 1 aliphatic rings. The van der Waals surface area contributed by atoms with E-state index >= 15 is 0 Å². The van der Waals surface area contributed by atoms with Gasteiger partial charge in [-0.15, -0.1) is 16.8 Å². The summed E-state index contributed by atoms with van der Waals surface area (Å²) < 4.78 is 0. The molecule has 146 valence electrons. The van der Waals surface area contributed by atoms with Crippen molar-refractivity contribution in [1.29, 1.82) is 0 Å². The molecule has 2 amide bonds. The van der Waals surface area contributed by atoms with Crippen molar-refractivity contribution < 1.29 is 9.59 Å². The minimum absolute atomic E-state index is 0.115. The van der Waals surface area contributed by atoms with Gasteiger partial charge in [0.15, 0.2) is 11.0 Å². The van der Waals surface area contributed by atoms with Crippen LogP contribution in [-0.4, -0.2) is 41.6 Å². The largest absolute Gasteiger partial charge is 0.354 e. The first-order valence-corrected chi connectivity index (χ1v) is 9.49. The van der Waals surface area contributed by atoms with Crippen molar-refractivity contribution in [2.45, 2.75) is 12.8 Å². The average Bonchev–Trinajstić information content (AvgIpc) is 2.73. The van der Waals surface area contributed by atoms with E-state index in [1.165, 1.54) is 0 Å². The van der Waals surface area contributed by atoms with Crippen LogP contribution < -0.4 is 15.5 Å². The molecule has 0 radical (unpaired) electrons. The van der Waals surface area contributed by atoms with Crippen molar-refractivity contribution >= 4 is 34.9 Å². The minimum Gasteiger partial charge on any atom is -0.354 e. The third-order valence-corrected chi connectivity index (χ3v) is 4.77. The van der Waals surface area contributed by atoms with Crippen LogP contribution in [0.25, 0.3) is 0 Å². The number of aromatic nitrogens is 2. The molecule has 0 spiro atoms. The highest BCUT2D eigenvalue weighted by molar-refractivity contribution is 6.29. The summed E-state index contributed by atoms with van der Waals surface area (Å²) in [5.41, 5.74) is 0.923. The van der Waals surface area contributed by atoms with Gasteiger partial charge in [-0.25, -0.2) is 0 Å². The fourth-order valence-corrected chi connectivity index (χ4v) is 3.26. The molecule has 1 fully saturated rings. The average molecular weight is 400 g/mol. The Labute approximate surface area is 168 Å². The van der Waals surface area contributed by atoms with Crippen LogP contribution in [-0.2, 0) is 4.79 Å².